The third kappa shape index (κ3) is 3.35. The lowest BCUT2D eigenvalue weighted by Crippen LogP contribution is -2.30. The highest BCUT2D eigenvalue weighted by Crippen LogP contribution is 2.21. The monoisotopic (exact) mass is 323 g/mol. The molecule has 3 N–H and O–H groups in total. The van der Waals surface area contributed by atoms with Gasteiger partial charge in [-0.2, -0.15) is 0 Å². The Balaban J connectivity index is 2.15. The molecule has 0 saturated heterocycles. The largest absolute Gasteiger partial charge is 0.325 e. The third-order valence-corrected chi connectivity index (χ3v) is 2.95. The number of hydrogen-bond acceptors (Lipinski definition) is 2. The van der Waals surface area contributed by atoms with Gasteiger partial charge in [-0.05, 0) is 31.5 Å². The summed E-state index contributed by atoms with van der Waals surface area (Å²) in [5.74, 6) is -0.115. The third-order valence-electron chi connectivity index (χ3n) is 2.59. The Morgan fingerprint density at radius 1 is 1.21 bits per heavy atom. The van der Waals surface area contributed by atoms with Crippen LogP contribution < -0.4 is 10.9 Å². The second kappa shape index (κ2) is 5.05. The average Bonchev–Trinajstić information content (AvgIpc) is 2.75. The van der Waals surface area contributed by atoms with Crippen molar-refractivity contribution >= 4 is 27.5 Å². The van der Waals surface area contributed by atoms with Crippen LogP contribution in [0.2, 0.25) is 0 Å². The molecule has 1 aromatic heterocycles. The molecule has 0 radical (unpaired) electrons. The van der Waals surface area contributed by atoms with Crippen LogP contribution in [0.1, 0.15) is 13.8 Å². The molecule has 1 amide bonds. The predicted octanol–water partition coefficient (Wildman–Crippen LogP) is 2.48. The van der Waals surface area contributed by atoms with Crippen molar-refractivity contribution in [2.24, 2.45) is 0 Å². The molecule has 1 heterocycles. The summed E-state index contributed by atoms with van der Waals surface area (Å²) in [5.41, 5.74) is 2.12. The standard InChI is InChI=1S/C13H14BrN3O2/c1-13(2,14)12(19)15-9-5-3-8(4-6-9)10-7-11(18)17-16-10/h3-7H,1-2H3,(H,15,19)(H2,16,17,18). The molecule has 1 aromatic carbocycles. The minimum Gasteiger partial charge on any atom is -0.325 e. The molecule has 0 fully saturated rings. The number of amides is 1. The zero-order chi connectivity index (χ0) is 14.0. The van der Waals surface area contributed by atoms with Gasteiger partial charge in [-0.15, -0.1) is 0 Å². The van der Waals surface area contributed by atoms with Gasteiger partial charge in [0.05, 0.1) is 10.0 Å². The van der Waals surface area contributed by atoms with Gasteiger partial charge < -0.3 is 5.32 Å². The van der Waals surface area contributed by atoms with E-state index in [1.165, 1.54) is 6.07 Å². The van der Waals surface area contributed by atoms with Gasteiger partial charge >= 0.3 is 0 Å². The summed E-state index contributed by atoms with van der Waals surface area (Å²) >= 11 is 3.30. The van der Waals surface area contributed by atoms with Gasteiger partial charge in [0.15, 0.2) is 0 Å². The number of carbonyl (C=O) groups is 1. The van der Waals surface area contributed by atoms with Gasteiger partial charge in [0, 0.05) is 11.8 Å². The first-order valence-corrected chi connectivity index (χ1v) is 6.54. The average molecular weight is 324 g/mol. The fourth-order valence-corrected chi connectivity index (χ4v) is 1.60. The number of halogens is 1. The highest BCUT2D eigenvalue weighted by Gasteiger charge is 2.23. The number of nitrogens with one attached hydrogen (secondary N) is 3. The highest BCUT2D eigenvalue weighted by atomic mass is 79.9. The summed E-state index contributed by atoms with van der Waals surface area (Å²) in [4.78, 5) is 22.8. The molecule has 6 heteroatoms. The van der Waals surface area contributed by atoms with E-state index in [9.17, 15) is 9.59 Å². The van der Waals surface area contributed by atoms with Crippen molar-refractivity contribution in [3.05, 3.63) is 40.7 Å². The Morgan fingerprint density at radius 2 is 1.84 bits per heavy atom. The van der Waals surface area contributed by atoms with E-state index in [0.29, 0.717) is 11.4 Å². The number of aromatic nitrogens is 2. The summed E-state index contributed by atoms with van der Waals surface area (Å²) in [7, 11) is 0. The van der Waals surface area contributed by atoms with Gasteiger partial charge in [0.1, 0.15) is 0 Å². The summed E-state index contributed by atoms with van der Waals surface area (Å²) in [6, 6.07) is 8.72. The molecule has 0 aliphatic rings. The van der Waals surface area contributed by atoms with Gasteiger partial charge in [-0.25, -0.2) is 0 Å². The number of aromatic amines is 2. The van der Waals surface area contributed by atoms with Crippen molar-refractivity contribution in [3.8, 4) is 11.3 Å². The lowest BCUT2D eigenvalue weighted by Gasteiger charge is -2.15. The van der Waals surface area contributed by atoms with Gasteiger partial charge in [-0.1, -0.05) is 28.1 Å². The van der Waals surface area contributed by atoms with Gasteiger partial charge in [0.2, 0.25) is 5.91 Å². The van der Waals surface area contributed by atoms with Crippen LogP contribution in [-0.4, -0.2) is 20.4 Å². The van der Waals surface area contributed by atoms with E-state index >= 15 is 0 Å². The molecule has 5 nitrogen and oxygen atoms in total. The summed E-state index contributed by atoms with van der Waals surface area (Å²) < 4.78 is -0.614. The molecule has 0 saturated carbocycles. The number of hydrogen-bond donors (Lipinski definition) is 3. The minimum atomic E-state index is -0.614. The smallest absolute Gasteiger partial charge is 0.264 e. The van der Waals surface area contributed by atoms with Crippen molar-refractivity contribution in [3.63, 3.8) is 0 Å². The Morgan fingerprint density at radius 3 is 2.32 bits per heavy atom. The molecule has 0 bridgehead atoms. The Kier molecular flexibility index (Phi) is 3.61. The molecule has 0 aliphatic heterocycles. The second-order valence-corrected chi connectivity index (χ2v) is 6.66. The topological polar surface area (TPSA) is 77.8 Å². The Hall–Kier alpha value is -1.82. The number of carbonyl (C=O) groups excluding carboxylic acids is 1. The molecule has 100 valence electrons. The molecular formula is C13H14BrN3O2. The van der Waals surface area contributed by atoms with Crippen LogP contribution in [0.25, 0.3) is 11.3 Å². The van der Waals surface area contributed by atoms with Gasteiger partial charge in [-0.3, -0.25) is 19.8 Å². The van der Waals surface area contributed by atoms with E-state index in [1.54, 1.807) is 26.0 Å². The van der Waals surface area contributed by atoms with Crippen LogP contribution in [0.15, 0.2) is 35.1 Å². The number of rotatable bonds is 3. The predicted molar refractivity (Wildman–Crippen MR) is 78.5 cm³/mol. The zero-order valence-corrected chi connectivity index (χ0v) is 12.2. The second-order valence-electron chi connectivity index (χ2n) is 4.68. The summed E-state index contributed by atoms with van der Waals surface area (Å²) in [6.45, 7) is 3.56. The Bertz CT molecular complexity index is 635. The van der Waals surface area contributed by atoms with Crippen molar-refractivity contribution in [1.29, 1.82) is 0 Å². The first-order chi connectivity index (χ1) is 8.86. The van der Waals surface area contributed by atoms with Crippen molar-refractivity contribution in [1.82, 2.24) is 10.2 Å². The van der Waals surface area contributed by atoms with E-state index in [0.717, 1.165) is 5.56 Å². The normalized spacial score (nSPS) is 11.3. The fraction of sp³-hybridized carbons (Fsp3) is 0.231. The summed E-state index contributed by atoms with van der Waals surface area (Å²) in [5, 5.41) is 8.05. The van der Waals surface area contributed by atoms with Crippen molar-refractivity contribution < 1.29 is 4.79 Å². The number of benzene rings is 1. The van der Waals surface area contributed by atoms with Crippen LogP contribution in [-0.2, 0) is 4.79 Å². The number of anilines is 1. The molecule has 0 spiro atoms. The van der Waals surface area contributed by atoms with Crippen LogP contribution in [0.3, 0.4) is 0 Å². The Labute approximate surface area is 118 Å². The van der Waals surface area contributed by atoms with Crippen LogP contribution >= 0.6 is 15.9 Å². The van der Waals surface area contributed by atoms with E-state index in [-0.39, 0.29) is 11.5 Å². The first-order valence-electron chi connectivity index (χ1n) is 5.75. The summed E-state index contributed by atoms with van der Waals surface area (Å²) in [6.07, 6.45) is 0. The molecular weight excluding hydrogens is 310 g/mol. The van der Waals surface area contributed by atoms with E-state index in [4.69, 9.17) is 0 Å². The lowest BCUT2D eigenvalue weighted by molar-refractivity contribution is -0.117. The van der Waals surface area contributed by atoms with Gasteiger partial charge in [0.25, 0.3) is 5.56 Å². The van der Waals surface area contributed by atoms with E-state index < -0.39 is 4.32 Å². The number of H-pyrrole nitrogens is 2. The number of alkyl halides is 1. The highest BCUT2D eigenvalue weighted by molar-refractivity contribution is 9.10. The maximum Gasteiger partial charge on any atom is 0.264 e. The molecule has 0 atom stereocenters. The first kappa shape index (κ1) is 13.6. The van der Waals surface area contributed by atoms with Crippen molar-refractivity contribution in [2.75, 3.05) is 5.32 Å². The fourth-order valence-electron chi connectivity index (χ4n) is 1.50. The maximum absolute atomic E-state index is 11.8. The molecule has 2 rings (SSSR count). The van der Waals surface area contributed by atoms with E-state index in [2.05, 4.69) is 31.4 Å². The molecule has 2 aromatic rings. The molecule has 0 aliphatic carbocycles. The van der Waals surface area contributed by atoms with Crippen LogP contribution in [0.4, 0.5) is 5.69 Å². The zero-order valence-electron chi connectivity index (χ0n) is 10.6. The van der Waals surface area contributed by atoms with E-state index in [1.807, 2.05) is 12.1 Å². The van der Waals surface area contributed by atoms with Crippen LogP contribution in [0, 0.1) is 0 Å². The lowest BCUT2D eigenvalue weighted by atomic mass is 10.1. The maximum atomic E-state index is 11.8. The minimum absolute atomic E-state index is 0.115. The molecule has 19 heavy (non-hydrogen) atoms. The van der Waals surface area contributed by atoms with Crippen LogP contribution in [0.5, 0.6) is 0 Å². The van der Waals surface area contributed by atoms with Crippen molar-refractivity contribution in [2.45, 2.75) is 18.2 Å². The molecule has 0 unspecified atom stereocenters. The quantitative estimate of drug-likeness (QED) is 0.759. The SMILES string of the molecule is CC(C)(Br)C(=O)Nc1ccc(-c2cc(=O)[nH][nH]2)cc1.